The molecule has 3 N–H and O–H groups in total. The minimum atomic E-state index is -0.253. The summed E-state index contributed by atoms with van der Waals surface area (Å²) in [6.45, 7) is 0.859. The van der Waals surface area contributed by atoms with Crippen molar-refractivity contribution in [3.63, 3.8) is 0 Å². The average Bonchev–Trinajstić information content (AvgIpc) is 3.31. The molecule has 0 unspecified atom stereocenters. The topological polar surface area (TPSA) is 86.2 Å². The molecule has 1 fully saturated rings. The fourth-order valence-corrected chi connectivity index (χ4v) is 2.95. The molecule has 0 radical (unpaired) electrons. The fourth-order valence-electron chi connectivity index (χ4n) is 2.95. The predicted octanol–water partition coefficient (Wildman–Crippen LogP) is 3.02. The molecule has 0 spiro atoms. The molecule has 1 aromatic heterocycles. The van der Waals surface area contributed by atoms with Crippen LogP contribution < -0.4 is 15.8 Å². The summed E-state index contributed by atoms with van der Waals surface area (Å²) >= 11 is 0. The van der Waals surface area contributed by atoms with Crippen LogP contribution >= 0.6 is 0 Å². The first-order valence-corrected chi connectivity index (χ1v) is 8.46. The second-order valence-electron chi connectivity index (χ2n) is 6.35. The van der Waals surface area contributed by atoms with E-state index in [1.54, 1.807) is 6.07 Å². The van der Waals surface area contributed by atoms with Gasteiger partial charge in [0.15, 0.2) is 0 Å². The highest BCUT2D eigenvalue weighted by molar-refractivity contribution is 5.34. The molecule has 2 atom stereocenters. The third kappa shape index (κ3) is 4.00. The van der Waals surface area contributed by atoms with E-state index in [0.717, 1.165) is 17.7 Å². The molecule has 4 rings (SSSR count). The van der Waals surface area contributed by atoms with Crippen LogP contribution in [0, 0.1) is 5.82 Å². The lowest BCUT2D eigenvalue weighted by atomic mass is 10.1. The number of nitrogen functional groups attached to an aromatic ring is 1. The third-order valence-electron chi connectivity index (χ3n) is 4.39. The van der Waals surface area contributed by atoms with E-state index < -0.39 is 0 Å². The van der Waals surface area contributed by atoms with Crippen LogP contribution in [-0.2, 0) is 13.2 Å². The van der Waals surface area contributed by atoms with Crippen LogP contribution in [0.3, 0.4) is 0 Å². The van der Waals surface area contributed by atoms with Crippen LogP contribution in [0.15, 0.2) is 52.9 Å². The van der Waals surface area contributed by atoms with E-state index >= 15 is 0 Å². The van der Waals surface area contributed by atoms with E-state index in [4.69, 9.17) is 14.9 Å². The van der Waals surface area contributed by atoms with Crippen molar-refractivity contribution in [1.29, 1.82) is 0 Å². The van der Waals surface area contributed by atoms with Crippen molar-refractivity contribution in [2.75, 3.05) is 5.73 Å². The summed E-state index contributed by atoms with van der Waals surface area (Å²) in [4.78, 5) is 0. The third-order valence-corrected chi connectivity index (χ3v) is 4.39. The zero-order chi connectivity index (χ0) is 17.9. The largest absolute Gasteiger partial charge is 0.489 e. The van der Waals surface area contributed by atoms with Crippen molar-refractivity contribution in [3.8, 4) is 5.75 Å². The maximum Gasteiger partial charge on any atom is 0.312 e. The van der Waals surface area contributed by atoms with Crippen molar-refractivity contribution >= 4 is 6.01 Å². The summed E-state index contributed by atoms with van der Waals surface area (Å²) in [6, 6.07) is 14.9. The summed E-state index contributed by atoms with van der Waals surface area (Å²) < 4.78 is 24.0. The standard InChI is InChI=1S/C19H19FN4O2/c20-14-3-1-2-12(8-14)11-25-15-6-4-13(5-7-15)16-9-17(16)22-10-18-23-24-19(21)26-18/h1-8,16-17,22H,9-11H2,(H2,21,24)/t16-,17+/m0/s1. The lowest BCUT2D eigenvalue weighted by Crippen LogP contribution is -2.17. The number of nitrogens with two attached hydrogens (primary N) is 1. The Balaban J connectivity index is 1.27. The molecule has 134 valence electrons. The van der Waals surface area contributed by atoms with Gasteiger partial charge in [0.2, 0.25) is 5.89 Å². The van der Waals surface area contributed by atoms with E-state index in [1.807, 2.05) is 18.2 Å². The SMILES string of the molecule is Nc1nnc(CN[C@@H]2C[C@H]2c2ccc(OCc3cccc(F)c3)cc2)o1. The molecule has 1 aliphatic rings. The quantitative estimate of drug-likeness (QED) is 0.678. The lowest BCUT2D eigenvalue weighted by Gasteiger charge is -2.08. The molecule has 6 nitrogen and oxygen atoms in total. The van der Waals surface area contributed by atoms with Gasteiger partial charge in [-0.3, -0.25) is 0 Å². The number of hydrogen-bond acceptors (Lipinski definition) is 6. The number of ether oxygens (including phenoxy) is 1. The van der Waals surface area contributed by atoms with Crippen molar-refractivity contribution < 1.29 is 13.5 Å². The average molecular weight is 354 g/mol. The first-order valence-electron chi connectivity index (χ1n) is 8.46. The van der Waals surface area contributed by atoms with Gasteiger partial charge in [0.05, 0.1) is 6.54 Å². The minimum Gasteiger partial charge on any atom is -0.489 e. The lowest BCUT2D eigenvalue weighted by molar-refractivity contribution is 0.305. The highest BCUT2D eigenvalue weighted by Gasteiger charge is 2.38. The maximum atomic E-state index is 13.2. The first-order chi connectivity index (χ1) is 12.7. The molecule has 2 aromatic carbocycles. The van der Waals surface area contributed by atoms with Crippen LogP contribution in [0.25, 0.3) is 0 Å². The van der Waals surface area contributed by atoms with E-state index in [9.17, 15) is 4.39 Å². The van der Waals surface area contributed by atoms with Crippen molar-refractivity contribution in [3.05, 3.63) is 71.4 Å². The molecular formula is C19H19FN4O2. The van der Waals surface area contributed by atoms with Gasteiger partial charge in [-0.1, -0.05) is 29.4 Å². The molecule has 26 heavy (non-hydrogen) atoms. The molecule has 1 heterocycles. The molecule has 7 heteroatoms. The summed E-state index contributed by atoms with van der Waals surface area (Å²) in [5.74, 6) is 1.48. The van der Waals surface area contributed by atoms with Gasteiger partial charge >= 0.3 is 6.01 Å². The van der Waals surface area contributed by atoms with Crippen molar-refractivity contribution in [1.82, 2.24) is 15.5 Å². The zero-order valence-electron chi connectivity index (χ0n) is 14.1. The number of anilines is 1. The number of nitrogens with one attached hydrogen (secondary N) is 1. The van der Waals surface area contributed by atoms with E-state index in [-0.39, 0.29) is 11.8 Å². The van der Waals surface area contributed by atoms with E-state index in [2.05, 4.69) is 27.6 Å². The van der Waals surface area contributed by atoms with Crippen molar-refractivity contribution in [2.45, 2.75) is 31.5 Å². The van der Waals surface area contributed by atoms with Gasteiger partial charge in [-0.25, -0.2) is 4.39 Å². The van der Waals surface area contributed by atoms with E-state index in [0.29, 0.717) is 31.0 Å². The summed E-state index contributed by atoms with van der Waals surface area (Å²) in [6.07, 6.45) is 1.06. The Morgan fingerprint density at radius 1 is 1.19 bits per heavy atom. The molecule has 0 amide bonds. The second-order valence-corrected chi connectivity index (χ2v) is 6.35. The van der Waals surface area contributed by atoms with Gasteiger partial charge in [-0.05, 0) is 41.8 Å². The summed E-state index contributed by atoms with van der Waals surface area (Å²) in [5.41, 5.74) is 7.47. The minimum absolute atomic E-state index is 0.0861. The predicted molar refractivity (Wildman–Crippen MR) is 93.9 cm³/mol. The number of aromatic nitrogens is 2. The molecular weight excluding hydrogens is 335 g/mol. The summed E-state index contributed by atoms with van der Waals surface area (Å²) in [7, 11) is 0. The molecule has 0 aliphatic heterocycles. The Bertz CT molecular complexity index is 881. The Kier molecular flexibility index (Phi) is 4.53. The molecule has 3 aromatic rings. The van der Waals surface area contributed by atoms with Crippen LogP contribution in [0.2, 0.25) is 0 Å². The first kappa shape index (κ1) is 16.5. The van der Waals surface area contributed by atoms with Crippen LogP contribution in [0.1, 0.15) is 29.4 Å². The van der Waals surface area contributed by atoms with Gasteiger partial charge in [-0.15, -0.1) is 5.10 Å². The van der Waals surface area contributed by atoms with E-state index in [1.165, 1.54) is 17.7 Å². The van der Waals surface area contributed by atoms with Gasteiger partial charge in [0, 0.05) is 12.0 Å². The van der Waals surface area contributed by atoms with Gasteiger partial charge < -0.3 is 20.2 Å². The zero-order valence-corrected chi connectivity index (χ0v) is 14.1. The summed E-state index contributed by atoms with van der Waals surface area (Å²) in [5, 5.41) is 10.8. The van der Waals surface area contributed by atoms with Gasteiger partial charge in [-0.2, -0.15) is 0 Å². The Hall–Kier alpha value is -2.93. The number of hydrogen-bond donors (Lipinski definition) is 2. The normalized spacial score (nSPS) is 18.7. The van der Waals surface area contributed by atoms with Gasteiger partial charge in [0.1, 0.15) is 18.2 Å². The smallest absolute Gasteiger partial charge is 0.312 e. The highest BCUT2D eigenvalue weighted by Crippen LogP contribution is 2.41. The highest BCUT2D eigenvalue weighted by atomic mass is 19.1. The van der Waals surface area contributed by atoms with Crippen LogP contribution in [0.5, 0.6) is 5.75 Å². The second kappa shape index (κ2) is 7.13. The monoisotopic (exact) mass is 354 g/mol. The fraction of sp³-hybridized carbons (Fsp3) is 0.263. The number of halogens is 1. The molecule has 0 bridgehead atoms. The Labute approximate surface area is 150 Å². The molecule has 1 aliphatic carbocycles. The van der Waals surface area contributed by atoms with Crippen LogP contribution in [0.4, 0.5) is 10.4 Å². The van der Waals surface area contributed by atoms with Gasteiger partial charge in [0.25, 0.3) is 0 Å². The van der Waals surface area contributed by atoms with Crippen LogP contribution in [-0.4, -0.2) is 16.2 Å². The van der Waals surface area contributed by atoms with Crippen molar-refractivity contribution in [2.24, 2.45) is 0 Å². The Morgan fingerprint density at radius 3 is 2.77 bits per heavy atom. The molecule has 0 saturated heterocycles. The maximum absolute atomic E-state index is 13.2. The number of benzene rings is 2. The number of rotatable bonds is 7. The Morgan fingerprint density at radius 2 is 2.04 bits per heavy atom. The number of nitrogens with zero attached hydrogens (tertiary/aromatic N) is 2. The molecule has 1 saturated carbocycles.